The summed E-state index contributed by atoms with van der Waals surface area (Å²) < 4.78 is 0. The highest BCUT2D eigenvalue weighted by Gasteiger charge is 2.60. The Morgan fingerprint density at radius 3 is 2.39 bits per heavy atom. The van der Waals surface area contributed by atoms with Crippen LogP contribution in [0.25, 0.3) is 0 Å². The highest BCUT2D eigenvalue weighted by atomic mass is 16.2. The van der Waals surface area contributed by atoms with Gasteiger partial charge >= 0.3 is 0 Å². The van der Waals surface area contributed by atoms with Crippen molar-refractivity contribution in [3.8, 4) is 0 Å². The predicted octanol–water partition coefficient (Wildman–Crippen LogP) is 5.44. The SMILES string of the molecule is C=CNC1CCC2C(CCC3(C)C(C(=O)NC(C)(C)C)CCC23)C1(C)/C=C\C. The summed E-state index contributed by atoms with van der Waals surface area (Å²) in [6, 6.07) is 0.466. The molecule has 0 saturated heterocycles. The van der Waals surface area contributed by atoms with E-state index in [1.807, 2.05) is 6.20 Å². The van der Waals surface area contributed by atoms with Gasteiger partial charge in [0.05, 0.1) is 0 Å². The zero-order valence-corrected chi connectivity index (χ0v) is 19.0. The summed E-state index contributed by atoms with van der Waals surface area (Å²) in [6.45, 7) is 17.2. The zero-order chi connectivity index (χ0) is 20.7. The Morgan fingerprint density at radius 1 is 1.07 bits per heavy atom. The fourth-order valence-corrected chi connectivity index (χ4v) is 7.28. The number of hydrogen-bond acceptors (Lipinski definition) is 2. The van der Waals surface area contributed by atoms with Gasteiger partial charge in [-0.15, -0.1) is 0 Å². The van der Waals surface area contributed by atoms with E-state index in [1.165, 1.54) is 32.1 Å². The largest absolute Gasteiger partial charge is 0.388 e. The summed E-state index contributed by atoms with van der Waals surface area (Å²) in [4.78, 5) is 13.1. The van der Waals surface area contributed by atoms with Crippen LogP contribution in [0.4, 0.5) is 0 Å². The van der Waals surface area contributed by atoms with Gasteiger partial charge in [-0.1, -0.05) is 32.6 Å². The van der Waals surface area contributed by atoms with E-state index in [4.69, 9.17) is 0 Å². The molecule has 0 radical (unpaired) electrons. The number of amides is 1. The molecule has 0 heterocycles. The van der Waals surface area contributed by atoms with Gasteiger partial charge in [0.15, 0.2) is 0 Å². The van der Waals surface area contributed by atoms with Gasteiger partial charge in [-0.2, -0.15) is 0 Å². The first-order valence-corrected chi connectivity index (χ1v) is 11.4. The van der Waals surface area contributed by atoms with Crippen molar-refractivity contribution in [1.82, 2.24) is 10.6 Å². The number of fused-ring (bicyclic) bond motifs is 3. The molecule has 3 fully saturated rings. The smallest absolute Gasteiger partial charge is 0.224 e. The summed E-state index contributed by atoms with van der Waals surface area (Å²) >= 11 is 0. The van der Waals surface area contributed by atoms with Crippen molar-refractivity contribution >= 4 is 5.91 Å². The number of carbonyl (C=O) groups is 1. The molecule has 2 N–H and O–H groups in total. The minimum Gasteiger partial charge on any atom is -0.388 e. The predicted molar refractivity (Wildman–Crippen MR) is 118 cm³/mol. The molecule has 7 atom stereocenters. The van der Waals surface area contributed by atoms with E-state index in [1.54, 1.807) is 0 Å². The van der Waals surface area contributed by atoms with Gasteiger partial charge in [-0.25, -0.2) is 0 Å². The molecule has 158 valence electrons. The van der Waals surface area contributed by atoms with E-state index < -0.39 is 0 Å². The molecule has 0 spiro atoms. The first-order chi connectivity index (χ1) is 13.1. The first-order valence-electron chi connectivity index (χ1n) is 11.4. The molecule has 1 amide bonds. The second kappa shape index (κ2) is 7.54. The second-order valence-corrected chi connectivity index (χ2v) is 11.2. The lowest BCUT2D eigenvalue weighted by Crippen LogP contribution is -2.57. The van der Waals surface area contributed by atoms with Gasteiger partial charge in [0, 0.05) is 22.9 Å². The average Bonchev–Trinajstić information content (AvgIpc) is 2.94. The van der Waals surface area contributed by atoms with Crippen LogP contribution in [-0.2, 0) is 4.79 Å². The van der Waals surface area contributed by atoms with Gasteiger partial charge in [-0.05, 0) is 95.6 Å². The molecular formula is C25H42N2O. The Kier molecular flexibility index (Phi) is 5.78. The minimum absolute atomic E-state index is 0.151. The fraction of sp³-hybridized carbons (Fsp3) is 0.800. The number of allylic oxidation sites excluding steroid dienone is 1. The van der Waals surface area contributed by atoms with Crippen LogP contribution < -0.4 is 10.6 Å². The molecule has 0 bridgehead atoms. The van der Waals surface area contributed by atoms with E-state index in [9.17, 15) is 4.79 Å². The van der Waals surface area contributed by atoms with E-state index in [0.717, 1.165) is 12.3 Å². The lowest BCUT2D eigenvalue weighted by molar-refractivity contribution is -0.134. The molecule has 3 heteroatoms. The van der Waals surface area contributed by atoms with Crippen LogP contribution >= 0.6 is 0 Å². The van der Waals surface area contributed by atoms with Crippen LogP contribution in [0.5, 0.6) is 0 Å². The maximum atomic E-state index is 13.1. The summed E-state index contributed by atoms with van der Waals surface area (Å²) in [5.41, 5.74) is 0.173. The van der Waals surface area contributed by atoms with Crippen molar-refractivity contribution in [3.05, 3.63) is 24.9 Å². The van der Waals surface area contributed by atoms with Crippen molar-refractivity contribution in [1.29, 1.82) is 0 Å². The standard InChI is InChI=1S/C25H42N2O/c1-8-15-25(7)19-14-16-24(6)18(17(19)10-13-21(25)26-9-2)11-12-20(24)22(28)27-23(3,4)5/h8-9,15,17-21,26H,2,10-14,16H2,1,3-7H3,(H,27,28)/b15-8-. The third kappa shape index (κ3) is 3.55. The summed E-state index contributed by atoms with van der Waals surface area (Å²) in [6.07, 6.45) is 13.7. The normalized spacial score (nSPS) is 43.3. The molecule has 0 aliphatic heterocycles. The summed E-state index contributed by atoms with van der Waals surface area (Å²) in [7, 11) is 0. The molecule has 0 aromatic heterocycles. The van der Waals surface area contributed by atoms with Crippen LogP contribution in [0.3, 0.4) is 0 Å². The molecule has 3 aliphatic rings. The van der Waals surface area contributed by atoms with Crippen molar-refractivity contribution in [3.63, 3.8) is 0 Å². The molecule has 0 aromatic rings. The number of rotatable bonds is 4. The van der Waals surface area contributed by atoms with E-state index in [-0.39, 0.29) is 28.2 Å². The quantitative estimate of drug-likeness (QED) is 0.632. The first kappa shape index (κ1) is 21.5. The number of nitrogens with one attached hydrogen (secondary N) is 2. The lowest BCUT2D eigenvalue weighted by atomic mass is 9.48. The van der Waals surface area contributed by atoms with Gasteiger partial charge in [0.25, 0.3) is 0 Å². The molecule has 3 rings (SSSR count). The Bertz CT molecular complexity index is 633. The highest BCUT2D eigenvalue weighted by molar-refractivity contribution is 5.80. The van der Waals surface area contributed by atoms with Gasteiger partial charge in [0.1, 0.15) is 0 Å². The number of hydrogen-bond donors (Lipinski definition) is 2. The van der Waals surface area contributed by atoms with E-state index in [2.05, 4.69) is 70.9 Å². The van der Waals surface area contributed by atoms with E-state index >= 15 is 0 Å². The molecule has 3 nitrogen and oxygen atoms in total. The maximum absolute atomic E-state index is 13.1. The zero-order valence-electron chi connectivity index (χ0n) is 19.0. The van der Waals surface area contributed by atoms with Crippen LogP contribution in [0.1, 0.15) is 80.1 Å². The summed E-state index contributed by atoms with van der Waals surface area (Å²) in [5, 5.41) is 6.84. The monoisotopic (exact) mass is 386 g/mol. The van der Waals surface area contributed by atoms with Gasteiger partial charge in [0.2, 0.25) is 5.91 Å². The Hall–Kier alpha value is -1.25. The van der Waals surface area contributed by atoms with Crippen LogP contribution in [-0.4, -0.2) is 17.5 Å². The van der Waals surface area contributed by atoms with Crippen LogP contribution in [0.2, 0.25) is 0 Å². The fourth-order valence-electron chi connectivity index (χ4n) is 7.28. The van der Waals surface area contributed by atoms with Crippen molar-refractivity contribution in [2.75, 3.05) is 0 Å². The van der Waals surface area contributed by atoms with Crippen molar-refractivity contribution in [2.45, 2.75) is 91.6 Å². The molecule has 3 saturated carbocycles. The molecular weight excluding hydrogens is 344 g/mol. The third-order valence-electron chi connectivity index (χ3n) is 8.44. The van der Waals surface area contributed by atoms with E-state index in [0.29, 0.717) is 17.9 Å². The molecule has 7 unspecified atom stereocenters. The Balaban J connectivity index is 1.85. The van der Waals surface area contributed by atoms with Crippen molar-refractivity contribution < 1.29 is 4.79 Å². The highest BCUT2D eigenvalue weighted by Crippen LogP contribution is 2.64. The average molecular weight is 387 g/mol. The second-order valence-electron chi connectivity index (χ2n) is 11.2. The topological polar surface area (TPSA) is 41.1 Å². The van der Waals surface area contributed by atoms with Crippen LogP contribution in [0.15, 0.2) is 24.9 Å². The van der Waals surface area contributed by atoms with Gasteiger partial charge in [-0.3, -0.25) is 4.79 Å². The number of carbonyl (C=O) groups excluding carboxylic acids is 1. The lowest BCUT2D eigenvalue weighted by Gasteiger charge is -2.58. The maximum Gasteiger partial charge on any atom is 0.224 e. The Labute approximate surface area is 172 Å². The third-order valence-corrected chi connectivity index (χ3v) is 8.44. The molecule has 28 heavy (non-hydrogen) atoms. The minimum atomic E-state index is -0.151. The molecule has 3 aliphatic carbocycles. The Morgan fingerprint density at radius 2 is 1.79 bits per heavy atom. The summed E-state index contributed by atoms with van der Waals surface area (Å²) in [5.74, 6) is 2.56. The van der Waals surface area contributed by atoms with Crippen molar-refractivity contribution in [2.24, 2.45) is 34.5 Å². The van der Waals surface area contributed by atoms with Gasteiger partial charge < -0.3 is 10.6 Å². The van der Waals surface area contributed by atoms with Crippen LogP contribution in [0, 0.1) is 34.5 Å². The molecule has 0 aromatic carbocycles.